The molecule has 20 heavy (non-hydrogen) atoms. The summed E-state index contributed by atoms with van der Waals surface area (Å²) in [6.07, 6.45) is 6.61. The molecule has 1 fully saturated rings. The van der Waals surface area contributed by atoms with Gasteiger partial charge in [0.15, 0.2) is 0 Å². The smallest absolute Gasteiger partial charge is 0.144 e. The number of carbonyl (C=O) groups excluding carboxylic acids is 1. The molecule has 1 aliphatic carbocycles. The molecule has 0 amide bonds. The van der Waals surface area contributed by atoms with Crippen molar-refractivity contribution in [2.24, 2.45) is 17.3 Å². The van der Waals surface area contributed by atoms with Gasteiger partial charge in [-0.15, -0.1) is 0 Å². The highest BCUT2D eigenvalue weighted by molar-refractivity contribution is 5.83. The third-order valence-corrected chi connectivity index (χ3v) is 4.46. The lowest BCUT2D eigenvalue weighted by Gasteiger charge is -2.37. The Morgan fingerprint density at radius 1 is 1.45 bits per heavy atom. The molecule has 0 aliphatic heterocycles. The summed E-state index contributed by atoms with van der Waals surface area (Å²) < 4.78 is 1.89. The molecule has 0 radical (unpaired) electrons. The van der Waals surface area contributed by atoms with Crippen molar-refractivity contribution in [2.75, 3.05) is 0 Å². The lowest BCUT2D eigenvalue weighted by atomic mass is 9.67. The Balaban J connectivity index is 2.06. The SMILES string of the molecule is CC(C)Cn1ncnc1CC(=O)C1CCCCC1(C)C. The highest BCUT2D eigenvalue weighted by Gasteiger charge is 2.37. The Morgan fingerprint density at radius 2 is 2.20 bits per heavy atom. The van der Waals surface area contributed by atoms with Gasteiger partial charge in [-0.3, -0.25) is 4.79 Å². The molecule has 0 saturated heterocycles. The molecule has 1 atom stereocenters. The fourth-order valence-corrected chi connectivity index (χ4v) is 3.29. The van der Waals surface area contributed by atoms with Crippen LogP contribution in [0.5, 0.6) is 0 Å². The van der Waals surface area contributed by atoms with Crippen molar-refractivity contribution >= 4 is 5.78 Å². The van der Waals surface area contributed by atoms with E-state index in [2.05, 4.69) is 37.8 Å². The first-order chi connectivity index (χ1) is 9.40. The zero-order valence-electron chi connectivity index (χ0n) is 13.2. The minimum absolute atomic E-state index is 0.137. The molecule has 1 heterocycles. The summed E-state index contributed by atoms with van der Waals surface area (Å²) in [5.74, 6) is 1.86. The Hall–Kier alpha value is -1.19. The lowest BCUT2D eigenvalue weighted by molar-refractivity contribution is -0.127. The quantitative estimate of drug-likeness (QED) is 0.830. The van der Waals surface area contributed by atoms with Crippen LogP contribution in [0.15, 0.2) is 6.33 Å². The summed E-state index contributed by atoms with van der Waals surface area (Å²) in [7, 11) is 0. The first-order valence-electron chi connectivity index (χ1n) is 7.79. The molecular weight excluding hydrogens is 250 g/mol. The Kier molecular flexibility index (Phi) is 4.61. The number of nitrogens with zero attached hydrogens (tertiary/aromatic N) is 3. The van der Waals surface area contributed by atoms with Crippen LogP contribution in [0.4, 0.5) is 0 Å². The lowest BCUT2D eigenvalue weighted by Crippen LogP contribution is -2.35. The number of ketones is 1. The van der Waals surface area contributed by atoms with Crippen LogP contribution in [0.3, 0.4) is 0 Å². The van der Waals surface area contributed by atoms with Gasteiger partial charge in [-0.1, -0.05) is 40.5 Å². The fraction of sp³-hybridized carbons (Fsp3) is 0.812. The van der Waals surface area contributed by atoms with Crippen molar-refractivity contribution in [2.45, 2.75) is 66.3 Å². The van der Waals surface area contributed by atoms with Crippen LogP contribution in [0.1, 0.15) is 59.2 Å². The number of hydrogen-bond donors (Lipinski definition) is 0. The average Bonchev–Trinajstić information content (AvgIpc) is 2.75. The van der Waals surface area contributed by atoms with E-state index >= 15 is 0 Å². The predicted molar refractivity (Wildman–Crippen MR) is 79.3 cm³/mol. The van der Waals surface area contributed by atoms with Crippen molar-refractivity contribution in [3.05, 3.63) is 12.2 Å². The number of Topliss-reactive ketones (excluding diaryl/α,β-unsaturated/α-hetero) is 1. The van der Waals surface area contributed by atoms with Gasteiger partial charge in [-0.25, -0.2) is 9.67 Å². The van der Waals surface area contributed by atoms with Crippen molar-refractivity contribution in [1.82, 2.24) is 14.8 Å². The van der Waals surface area contributed by atoms with Gasteiger partial charge < -0.3 is 0 Å². The minimum atomic E-state index is 0.137. The van der Waals surface area contributed by atoms with Gasteiger partial charge in [-0.05, 0) is 24.2 Å². The standard InChI is InChI=1S/C16H27N3O/c1-12(2)10-19-15(17-11-18-19)9-14(20)13-7-5-6-8-16(13,3)4/h11-13H,5-10H2,1-4H3. The molecule has 1 aliphatic rings. The molecule has 1 aromatic heterocycles. The predicted octanol–water partition coefficient (Wildman–Crippen LogP) is 3.26. The molecule has 2 rings (SSSR count). The van der Waals surface area contributed by atoms with Gasteiger partial charge in [0.05, 0.1) is 6.42 Å². The first kappa shape index (κ1) is 15.2. The van der Waals surface area contributed by atoms with Gasteiger partial charge in [-0.2, -0.15) is 5.10 Å². The molecule has 4 heteroatoms. The monoisotopic (exact) mass is 277 g/mol. The summed E-state index contributed by atoms with van der Waals surface area (Å²) in [6.45, 7) is 9.59. The number of carbonyl (C=O) groups is 1. The van der Waals surface area contributed by atoms with Crippen LogP contribution in [0, 0.1) is 17.3 Å². The third-order valence-electron chi connectivity index (χ3n) is 4.46. The van der Waals surface area contributed by atoms with E-state index in [0.29, 0.717) is 18.1 Å². The Labute approximate surface area is 122 Å². The van der Waals surface area contributed by atoms with Gasteiger partial charge in [0.1, 0.15) is 17.9 Å². The van der Waals surface area contributed by atoms with Crippen LogP contribution in [-0.4, -0.2) is 20.5 Å². The van der Waals surface area contributed by atoms with Crippen LogP contribution in [0.2, 0.25) is 0 Å². The van der Waals surface area contributed by atoms with Crippen LogP contribution in [-0.2, 0) is 17.8 Å². The van der Waals surface area contributed by atoms with E-state index in [9.17, 15) is 4.79 Å². The second-order valence-corrected chi connectivity index (χ2v) is 7.18. The molecular formula is C16H27N3O. The molecule has 1 saturated carbocycles. The van der Waals surface area contributed by atoms with E-state index in [0.717, 1.165) is 25.2 Å². The van der Waals surface area contributed by atoms with Gasteiger partial charge in [0.25, 0.3) is 0 Å². The largest absolute Gasteiger partial charge is 0.299 e. The van der Waals surface area contributed by atoms with Gasteiger partial charge in [0, 0.05) is 12.5 Å². The molecule has 1 unspecified atom stereocenters. The summed E-state index contributed by atoms with van der Waals surface area (Å²) in [6, 6.07) is 0. The number of rotatable bonds is 5. The number of aromatic nitrogens is 3. The normalized spacial score (nSPS) is 22.1. The Bertz CT molecular complexity index is 462. The van der Waals surface area contributed by atoms with E-state index < -0.39 is 0 Å². The number of hydrogen-bond acceptors (Lipinski definition) is 3. The maximum atomic E-state index is 12.6. The summed E-state index contributed by atoms with van der Waals surface area (Å²) in [4.78, 5) is 16.9. The van der Waals surface area contributed by atoms with Gasteiger partial charge >= 0.3 is 0 Å². The second-order valence-electron chi connectivity index (χ2n) is 7.18. The van der Waals surface area contributed by atoms with Crippen molar-refractivity contribution in [1.29, 1.82) is 0 Å². The average molecular weight is 277 g/mol. The fourth-order valence-electron chi connectivity index (χ4n) is 3.29. The van der Waals surface area contributed by atoms with E-state index in [1.54, 1.807) is 6.33 Å². The van der Waals surface area contributed by atoms with E-state index in [4.69, 9.17) is 0 Å². The van der Waals surface area contributed by atoms with Crippen molar-refractivity contribution in [3.8, 4) is 0 Å². The molecule has 0 aromatic carbocycles. The minimum Gasteiger partial charge on any atom is -0.299 e. The summed E-state index contributed by atoms with van der Waals surface area (Å²) in [5.41, 5.74) is 0.137. The molecule has 1 aromatic rings. The van der Waals surface area contributed by atoms with Crippen LogP contribution < -0.4 is 0 Å². The molecule has 4 nitrogen and oxygen atoms in total. The van der Waals surface area contributed by atoms with Gasteiger partial charge in [0.2, 0.25) is 0 Å². The van der Waals surface area contributed by atoms with Crippen molar-refractivity contribution in [3.63, 3.8) is 0 Å². The van der Waals surface area contributed by atoms with Crippen molar-refractivity contribution < 1.29 is 4.79 Å². The van der Waals surface area contributed by atoms with E-state index in [1.807, 2.05) is 4.68 Å². The van der Waals surface area contributed by atoms with E-state index in [1.165, 1.54) is 12.8 Å². The second kappa shape index (κ2) is 6.06. The Morgan fingerprint density at radius 3 is 2.85 bits per heavy atom. The molecule has 112 valence electrons. The zero-order chi connectivity index (χ0) is 14.8. The molecule has 0 bridgehead atoms. The first-order valence-corrected chi connectivity index (χ1v) is 7.79. The molecule has 0 N–H and O–H groups in total. The van der Waals surface area contributed by atoms with Crippen LogP contribution >= 0.6 is 0 Å². The maximum Gasteiger partial charge on any atom is 0.144 e. The summed E-state index contributed by atoms with van der Waals surface area (Å²) >= 11 is 0. The topological polar surface area (TPSA) is 47.8 Å². The maximum absolute atomic E-state index is 12.6. The third kappa shape index (κ3) is 3.47. The zero-order valence-corrected chi connectivity index (χ0v) is 13.2. The highest BCUT2D eigenvalue weighted by Crippen LogP contribution is 2.41. The highest BCUT2D eigenvalue weighted by atomic mass is 16.1. The van der Waals surface area contributed by atoms with E-state index in [-0.39, 0.29) is 11.3 Å². The van der Waals surface area contributed by atoms with Crippen LogP contribution in [0.25, 0.3) is 0 Å². The summed E-state index contributed by atoms with van der Waals surface area (Å²) in [5, 5.41) is 4.24. The molecule has 0 spiro atoms.